The van der Waals surface area contributed by atoms with E-state index in [0.717, 1.165) is 24.8 Å². The smallest absolute Gasteiger partial charge is 0.220 e. The Hall–Kier alpha value is -2.55. The maximum atomic E-state index is 12.3. The van der Waals surface area contributed by atoms with E-state index in [2.05, 4.69) is 46.7 Å². The number of benzene rings is 2. The van der Waals surface area contributed by atoms with E-state index in [-0.39, 0.29) is 11.9 Å². The Labute approximate surface area is 135 Å². The number of aromatic amines is 1. The maximum absolute atomic E-state index is 12.3. The molecule has 0 fully saturated rings. The van der Waals surface area contributed by atoms with Gasteiger partial charge in [-0.3, -0.25) is 4.79 Å². The number of carbonyl (C=O) groups is 1. The second-order valence-electron chi connectivity index (χ2n) is 6.22. The van der Waals surface area contributed by atoms with E-state index in [1.54, 1.807) is 0 Å². The molecule has 1 aliphatic rings. The Morgan fingerprint density at radius 3 is 2.91 bits per heavy atom. The molecule has 3 nitrogen and oxygen atoms in total. The lowest BCUT2D eigenvalue weighted by atomic mass is 10.1. The molecule has 0 saturated heterocycles. The molecule has 0 radical (unpaired) electrons. The van der Waals surface area contributed by atoms with Crippen molar-refractivity contribution >= 4 is 16.8 Å². The molecule has 23 heavy (non-hydrogen) atoms. The zero-order valence-electron chi connectivity index (χ0n) is 13.0. The summed E-state index contributed by atoms with van der Waals surface area (Å²) in [5.74, 6) is 0.136. The van der Waals surface area contributed by atoms with Gasteiger partial charge in [0.2, 0.25) is 5.91 Å². The molecule has 0 saturated carbocycles. The number of amides is 1. The Kier molecular flexibility index (Phi) is 3.62. The summed E-state index contributed by atoms with van der Waals surface area (Å²) >= 11 is 0. The van der Waals surface area contributed by atoms with Crippen molar-refractivity contribution in [3.63, 3.8) is 0 Å². The molecule has 1 heterocycles. The van der Waals surface area contributed by atoms with Crippen LogP contribution in [0.5, 0.6) is 0 Å². The lowest BCUT2D eigenvalue weighted by Crippen LogP contribution is -2.27. The van der Waals surface area contributed by atoms with E-state index in [0.29, 0.717) is 6.42 Å². The van der Waals surface area contributed by atoms with Crippen LogP contribution in [0.15, 0.2) is 54.7 Å². The zero-order chi connectivity index (χ0) is 15.6. The van der Waals surface area contributed by atoms with E-state index in [1.807, 2.05) is 18.3 Å². The van der Waals surface area contributed by atoms with E-state index in [9.17, 15) is 4.79 Å². The average Bonchev–Trinajstić information content (AvgIpc) is 3.18. The SMILES string of the molecule is O=C(CCc1c[nH]c2ccccc12)N[C@@H]1CCc2ccccc21. The topological polar surface area (TPSA) is 44.9 Å². The first-order valence-electron chi connectivity index (χ1n) is 8.23. The molecule has 2 aromatic carbocycles. The van der Waals surface area contributed by atoms with Gasteiger partial charge in [-0.25, -0.2) is 0 Å². The van der Waals surface area contributed by atoms with Crippen LogP contribution in [0.2, 0.25) is 0 Å². The predicted molar refractivity (Wildman–Crippen MR) is 92.3 cm³/mol. The highest BCUT2D eigenvalue weighted by atomic mass is 16.1. The highest BCUT2D eigenvalue weighted by Crippen LogP contribution is 2.30. The van der Waals surface area contributed by atoms with Crippen molar-refractivity contribution in [2.45, 2.75) is 31.7 Å². The lowest BCUT2D eigenvalue weighted by Gasteiger charge is -2.14. The van der Waals surface area contributed by atoms with E-state index < -0.39 is 0 Å². The highest BCUT2D eigenvalue weighted by Gasteiger charge is 2.23. The largest absolute Gasteiger partial charge is 0.361 e. The van der Waals surface area contributed by atoms with E-state index in [1.165, 1.54) is 22.1 Å². The maximum Gasteiger partial charge on any atom is 0.220 e. The van der Waals surface area contributed by atoms with Crippen molar-refractivity contribution in [3.8, 4) is 0 Å². The minimum Gasteiger partial charge on any atom is -0.361 e. The van der Waals surface area contributed by atoms with Gasteiger partial charge in [-0.15, -0.1) is 0 Å². The fourth-order valence-electron chi connectivity index (χ4n) is 3.56. The van der Waals surface area contributed by atoms with Crippen LogP contribution in [0.4, 0.5) is 0 Å². The summed E-state index contributed by atoms with van der Waals surface area (Å²) in [6.45, 7) is 0. The highest BCUT2D eigenvalue weighted by molar-refractivity contribution is 5.84. The van der Waals surface area contributed by atoms with Gasteiger partial charge in [0, 0.05) is 23.5 Å². The molecule has 0 bridgehead atoms. The van der Waals surface area contributed by atoms with Gasteiger partial charge in [0.05, 0.1) is 6.04 Å². The molecule has 116 valence electrons. The number of H-pyrrole nitrogens is 1. The van der Waals surface area contributed by atoms with Gasteiger partial charge < -0.3 is 10.3 Å². The number of hydrogen-bond donors (Lipinski definition) is 2. The molecule has 2 N–H and O–H groups in total. The number of nitrogens with one attached hydrogen (secondary N) is 2. The lowest BCUT2D eigenvalue weighted by molar-refractivity contribution is -0.121. The van der Waals surface area contributed by atoms with Crippen molar-refractivity contribution in [2.24, 2.45) is 0 Å². The van der Waals surface area contributed by atoms with Gasteiger partial charge in [0.25, 0.3) is 0 Å². The fourth-order valence-corrected chi connectivity index (χ4v) is 3.56. The molecule has 1 atom stereocenters. The molecule has 3 aromatic rings. The Bertz CT molecular complexity index is 849. The number of aryl methyl sites for hydroxylation is 2. The number of hydrogen-bond acceptors (Lipinski definition) is 1. The predicted octanol–water partition coefficient (Wildman–Crippen LogP) is 3.90. The second kappa shape index (κ2) is 5.92. The van der Waals surface area contributed by atoms with Crippen molar-refractivity contribution in [3.05, 3.63) is 71.4 Å². The number of rotatable bonds is 4. The molecule has 4 rings (SSSR count). The van der Waals surface area contributed by atoms with Gasteiger partial charge in [-0.05, 0) is 42.0 Å². The Morgan fingerprint density at radius 2 is 1.96 bits per heavy atom. The first-order valence-corrected chi connectivity index (χ1v) is 8.23. The minimum absolute atomic E-state index is 0.136. The summed E-state index contributed by atoms with van der Waals surface area (Å²) in [4.78, 5) is 15.6. The van der Waals surface area contributed by atoms with Crippen molar-refractivity contribution in [1.82, 2.24) is 10.3 Å². The molecule has 0 aliphatic heterocycles. The molecule has 1 amide bonds. The molecule has 0 spiro atoms. The summed E-state index contributed by atoms with van der Waals surface area (Å²) < 4.78 is 0. The van der Waals surface area contributed by atoms with Crippen LogP contribution in [0.3, 0.4) is 0 Å². The van der Waals surface area contributed by atoms with Crippen molar-refractivity contribution < 1.29 is 4.79 Å². The standard InChI is InChI=1S/C20H20N2O/c23-20(22-19-11-9-14-5-1-2-6-16(14)19)12-10-15-13-21-18-8-4-3-7-17(15)18/h1-8,13,19,21H,9-12H2,(H,22,23)/t19-/m1/s1. The van der Waals surface area contributed by atoms with Gasteiger partial charge in [-0.2, -0.15) is 0 Å². The van der Waals surface area contributed by atoms with Gasteiger partial charge in [0.1, 0.15) is 0 Å². The number of carbonyl (C=O) groups excluding carboxylic acids is 1. The minimum atomic E-state index is 0.136. The second-order valence-corrected chi connectivity index (χ2v) is 6.22. The molecule has 0 unspecified atom stereocenters. The van der Waals surface area contributed by atoms with Crippen LogP contribution in [0.1, 0.15) is 35.6 Å². The zero-order valence-corrected chi connectivity index (χ0v) is 13.0. The molecule has 3 heteroatoms. The number of aromatic nitrogens is 1. The van der Waals surface area contributed by atoms with Crippen LogP contribution < -0.4 is 5.32 Å². The first-order chi connectivity index (χ1) is 11.3. The van der Waals surface area contributed by atoms with Gasteiger partial charge >= 0.3 is 0 Å². The van der Waals surface area contributed by atoms with Gasteiger partial charge in [-0.1, -0.05) is 42.5 Å². The summed E-state index contributed by atoms with van der Waals surface area (Å²) in [5, 5.41) is 4.41. The monoisotopic (exact) mass is 304 g/mol. The van der Waals surface area contributed by atoms with Crippen LogP contribution >= 0.6 is 0 Å². The summed E-state index contributed by atoms with van der Waals surface area (Å²) in [6, 6.07) is 16.8. The number of para-hydroxylation sites is 1. The summed E-state index contributed by atoms with van der Waals surface area (Å²) in [5.41, 5.74) is 5.00. The molecular formula is C20H20N2O. The molecular weight excluding hydrogens is 284 g/mol. The Morgan fingerprint density at radius 1 is 1.13 bits per heavy atom. The van der Waals surface area contributed by atoms with E-state index >= 15 is 0 Å². The fraction of sp³-hybridized carbons (Fsp3) is 0.250. The quantitative estimate of drug-likeness (QED) is 0.754. The Balaban J connectivity index is 1.40. The van der Waals surface area contributed by atoms with Crippen LogP contribution in [0.25, 0.3) is 10.9 Å². The number of fused-ring (bicyclic) bond motifs is 2. The van der Waals surface area contributed by atoms with Crippen molar-refractivity contribution in [1.29, 1.82) is 0 Å². The molecule has 1 aliphatic carbocycles. The normalized spacial score (nSPS) is 16.4. The van der Waals surface area contributed by atoms with E-state index in [4.69, 9.17) is 0 Å². The first kappa shape index (κ1) is 14.1. The van der Waals surface area contributed by atoms with Gasteiger partial charge in [0.15, 0.2) is 0 Å². The van der Waals surface area contributed by atoms with Crippen LogP contribution in [-0.4, -0.2) is 10.9 Å². The third kappa shape index (κ3) is 2.74. The van der Waals surface area contributed by atoms with Crippen LogP contribution in [0, 0.1) is 0 Å². The van der Waals surface area contributed by atoms with Crippen molar-refractivity contribution in [2.75, 3.05) is 0 Å². The van der Waals surface area contributed by atoms with Crippen LogP contribution in [-0.2, 0) is 17.6 Å². The summed E-state index contributed by atoms with van der Waals surface area (Å²) in [6.07, 6.45) is 5.38. The summed E-state index contributed by atoms with van der Waals surface area (Å²) in [7, 11) is 0. The third-order valence-electron chi connectivity index (χ3n) is 4.76. The molecule has 1 aromatic heterocycles. The third-order valence-corrected chi connectivity index (χ3v) is 4.76. The average molecular weight is 304 g/mol.